The van der Waals surface area contributed by atoms with Gasteiger partial charge in [0.2, 0.25) is 0 Å². The van der Waals surface area contributed by atoms with Crippen molar-refractivity contribution >= 4 is 13.6 Å². The summed E-state index contributed by atoms with van der Waals surface area (Å²) in [6.07, 6.45) is -0.319. The lowest BCUT2D eigenvalue weighted by Crippen LogP contribution is -2.27. The van der Waals surface area contributed by atoms with Crippen LogP contribution in [0.5, 0.6) is 11.5 Å². The maximum atomic E-state index is 13.0. The summed E-state index contributed by atoms with van der Waals surface area (Å²) in [4.78, 5) is 11.4. The predicted octanol–water partition coefficient (Wildman–Crippen LogP) is 3.73. The van der Waals surface area contributed by atoms with Crippen molar-refractivity contribution in [1.29, 1.82) is 0 Å². The van der Waals surface area contributed by atoms with E-state index in [4.69, 9.17) is 13.8 Å². The van der Waals surface area contributed by atoms with Gasteiger partial charge in [0, 0.05) is 0 Å². The predicted molar refractivity (Wildman–Crippen MR) is 91.2 cm³/mol. The van der Waals surface area contributed by atoms with Crippen LogP contribution in [0.1, 0.15) is 6.92 Å². The Hall–Kier alpha value is -2.44. The molecule has 140 valence electrons. The Balaban J connectivity index is 2.10. The molecule has 0 spiro atoms. The van der Waals surface area contributed by atoms with Gasteiger partial charge >= 0.3 is 13.6 Å². The van der Waals surface area contributed by atoms with Crippen molar-refractivity contribution in [3.63, 3.8) is 0 Å². The van der Waals surface area contributed by atoms with Gasteiger partial charge in [-0.25, -0.2) is 13.3 Å². The molecule has 0 heterocycles. The van der Waals surface area contributed by atoms with Gasteiger partial charge in [-0.05, 0) is 55.5 Å². The number of benzene rings is 2. The molecule has 0 saturated heterocycles. The van der Waals surface area contributed by atoms with Gasteiger partial charge in [-0.15, -0.1) is 0 Å². The van der Waals surface area contributed by atoms with Crippen LogP contribution in [0, 0.1) is 11.6 Å². The number of nitrogens with one attached hydrogen (secondary N) is 1. The topological polar surface area (TPSA) is 73.9 Å². The maximum Gasteiger partial charge on any atom is 0.444 e. The van der Waals surface area contributed by atoms with Gasteiger partial charge in [0.25, 0.3) is 0 Å². The second-order valence-electron chi connectivity index (χ2n) is 5.09. The van der Waals surface area contributed by atoms with Gasteiger partial charge < -0.3 is 13.8 Å². The Bertz CT molecular complexity index is 716. The molecule has 2 aromatic carbocycles. The molecular weight excluding hydrogens is 367 g/mol. The number of ether oxygens (including phenoxy) is 1. The molecule has 1 N–H and O–H groups in total. The highest BCUT2D eigenvalue weighted by Gasteiger charge is 2.28. The Kier molecular flexibility index (Phi) is 7.12. The first kappa shape index (κ1) is 19.9. The normalized spacial score (nSPS) is 11.0. The fraction of sp³-hybridized carbons (Fsp3) is 0.235. The monoisotopic (exact) mass is 385 g/mol. The molecule has 0 unspecified atom stereocenters. The first-order valence-corrected chi connectivity index (χ1v) is 9.49. The molecule has 0 amide bonds. The SMILES string of the molecule is CCOC(=O)CNCP(=O)(Oc1ccc(F)cc1)Oc1ccc(F)cc1. The second-order valence-corrected chi connectivity index (χ2v) is 6.99. The number of hydrogen-bond donors (Lipinski definition) is 1. The summed E-state index contributed by atoms with van der Waals surface area (Å²) >= 11 is 0. The molecular formula is C17H18F2NO5P. The first-order valence-electron chi connectivity index (χ1n) is 7.76. The lowest BCUT2D eigenvalue weighted by molar-refractivity contribution is -0.141. The van der Waals surface area contributed by atoms with Crippen molar-refractivity contribution in [2.45, 2.75) is 6.92 Å². The molecule has 0 saturated carbocycles. The Morgan fingerprint density at radius 2 is 1.42 bits per heavy atom. The Morgan fingerprint density at radius 1 is 0.962 bits per heavy atom. The minimum atomic E-state index is -3.83. The van der Waals surface area contributed by atoms with Crippen LogP contribution in [-0.4, -0.2) is 25.4 Å². The zero-order valence-corrected chi connectivity index (χ0v) is 14.9. The third-order valence-electron chi connectivity index (χ3n) is 3.00. The van der Waals surface area contributed by atoms with Gasteiger partial charge in [-0.2, -0.15) is 0 Å². The van der Waals surface area contributed by atoms with E-state index in [1.807, 2.05) is 0 Å². The summed E-state index contributed by atoms with van der Waals surface area (Å²) in [5.74, 6) is -1.24. The molecule has 0 aromatic heterocycles. The molecule has 26 heavy (non-hydrogen) atoms. The number of rotatable bonds is 9. The summed E-state index contributed by atoms with van der Waals surface area (Å²) in [6, 6.07) is 9.74. The average Bonchev–Trinajstić information content (AvgIpc) is 2.59. The summed E-state index contributed by atoms with van der Waals surface area (Å²) < 4.78 is 54.6. The lowest BCUT2D eigenvalue weighted by atomic mass is 10.3. The molecule has 0 radical (unpaired) electrons. The number of hydrogen-bond acceptors (Lipinski definition) is 6. The fourth-order valence-corrected chi connectivity index (χ4v) is 3.34. The number of carbonyl (C=O) groups is 1. The van der Waals surface area contributed by atoms with Crippen molar-refractivity contribution < 1.29 is 31.9 Å². The molecule has 2 rings (SSSR count). The number of carbonyl (C=O) groups excluding carboxylic acids is 1. The smallest absolute Gasteiger partial charge is 0.444 e. The van der Waals surface area contributed by atoms with E-state index in [-0.39, 0.29) is 30.9 Å². The van der Waals surface area contributed by atoms with E-state index >= 15 is 0 Å². The van der Waals surface area contributed by atoms with Crippen LogP contribution >= 0.6 is 7.60 Å². The zero-order valence-electron chi connectivity index (χ0n) is 14.0. The van der Waals surface area contributed by atoms with Crippen molar-refractivity contribution in [2.24, 2.45) is 0 Å². The van der Waals surface area contributed by atoms with Crippen LogP contribution in [0.2, 0.25) is 0 Å². The van der Waals surface area contributed by atoms with Crippen LogP contribution in [0.15, 0.2) is 48.5 Å². The Morgan fingerprint density at radius 3 is 1.85 bits per heavy atom. The second kappa shape index (κ2) is 9.31. The summed E-state index contributed by atoms with van der Waals surface area (Å²) in [7, 11) is -3.83. The molecule has 9 heteroatoms. The number of esters is 1. The quantitative estimate of drug-likeness (QED) is 0.524. The third kappa shape index (κ3) is 6.46. The van der Waals surface area contributed by atoms with Crippen LogP contribution < -0.4 is 14.4 Å². The number of halogens is 2. The third-order valence-corrected chi connectivity index (χ3v) is 4.59. The highest BCUT2D eigenvalue weighted by molar-refractivity contribution is 7.54. The van der Waals surface area contributed by atoms with Crippen LogP contribution in [-0.2, 0) is 14.1 Å². The van der Waals surface area contributed by atoms with Crippen molar-refractivity contribution in [1.82, 2.24) is 5.32 Å². The van der Waals surface area contributed by atoms with E-state index in [2.05, 4.69) is 5.32 Å². The van der Waals surface area contributed by atoms with E-state index in [9.17, 15) is 18.1 Å². The van der Waals surface area contributed by atoms with Gasteiger partial charge in [0.15, 0.2) is 0 Å². The molecule has 6 nitrogen and oxygen atoms in total. The highest BCUT2D eigenvalue weighted by Crippen LogP contribution is 2.47. The van der Waals surface area contributed by atoms with E-state index in [0.29, 0.717) is 0 Å². The molecule has 0 bridgehead atoms. The van der Waals surface area contributed by atoms with Gasteiger partial charge in [0.05, 0.1) is 13.2 Å². The van der Waals surface area contributed by atoms with E-state index < -0.39 is 25.2 Å². The van der Waals surface area contributed by atoms with Crippen molar-refractivity contribution in [3.8, 4) is 11.5 Å². The minimum absolute atomic E-state index is 0.120. The van der Waals surface area contributed by atoms with E-state index in [1.54, 1.807) is 6.92 Å². The zero-order chi connectivity index (χ0) is 19.0. The summed E-state index contributed by atoms with van der Waals surface area (Å²) in [5, 5.41) is 2.64. The van der Waals surface area contributed by atoms with Crippen molar-refractivity contribution in [2.75, 3.05) is 19.4 Å². The van der Waals surface area contributed by atoms with Gasteiger partial charge in [-0.1, -0.05) is 0 Å². The van der Waals surface area contributed by atoms with Gasteiger partial charge in [-0.3, -0.25) is 10.1 Å². The largest absolute Gasteiger partial charge is 0.465 e. The molecule has 0 aliphatic heterocycles. The van der Waals surface area contributed by atoms with Crippen LogP contribution in [0.4, 0.5) is 8.78 Å². The first-order chi connectivity index (χ1) is 12.4. The summed E-state index contributed by atoms with van der Waals surface area (Å²) in [6.45, 7) is 1.69. The van der Waals surface area contributed by atoms with Crippen molar-refractivity contribution in [3.05, 3.63) is 60.2 Å². The minimum Gasteiger partial charge on any atom is -0.465 e. The van der Waals surface area contributed by atoms with Crippen LogP contribution in [0.25, 0.3) is 0 Å². The maximum absolute atomic E-state index is 13.0. The molecule has 0 aliphatic rings. The molecule has 0 fully saturated rings. The molecule has 0 aliphatic carbocycles. The fourth-order valence-electron chi connectivity index (χ4n) is 1.90. The van der Waals surface area contributed by atoms with E-state index in [0.717, 1.165) is 24.3 Å². The molecule has 2 aromatic rings. The average molecular weight is 385 g/mol. The van der Waals surface area contributed by atoms with E-state index in [1.165, 1.54) is 24.3 Å². The molecule has 0 atom stereocenters. The standard InChI is InChI=1S/C17H18F2NO5P/c1-2-23-17(21)11-20-12-26(22,24-15-7-3-13(18)4-8-15)25-16-9-5-14(19)6-10-16/h3-10,20H,2,11-12H2,1H3. The van der Waals surface area contributed by atoms with Crippen LogP contribution in [0.3, 0.4) is 0 Å². The highest BCUT2D eigenvalue weighted by atomic mass is 31.2. The summed E-state index contributed by atoms with van der Waals surface area (Å²) in [5.41, 5.74) is 0. The lowest BCUT2D eigenvalue weighted by Gasteiger charge is -2.20. The van der Waals surface area contributed by atoms with Gasteiger partial charge in [0.1, 0.15) is 29.4 Å². The Labute approximate surface area is 149 Å².